The van der Waals surface area contributed by atoms with Crippen LogP contribution in [0.15, 0.2) is 30.7 Å². The lowest BCUT2D eigenvalue weighted by Gasteiger charge is -2.33. The molecule has 1 saturated heterocycles. The molecule has 0 unspecified atom stereocenters. The van der Waals surface area contributed by atoms with E-state index in [9.17, 15) is 13.6 Å². The molecule has 0 radical (unpaired) electrons. The van der Waals surface area contributed by atoms with Gasteiger partial charge in [-0.1, -0.05) is 0 Å². The normalized spacial score (nSPS) is 15.6. The predicted octanol–water partition coefficient (Wildman–Crippen LogP) is 2.64. The molecule has 3 aromatic heterocycles. The molecule has 0 aliphatic carbocycles. The van der Waals surface area contributed by atoms with E-state index in [1.807, 2.05) is 6.20 Å². The number of fused-ring (bicyclic) bond motifs is 1. The molecule has 4 heterocycles. The Morgan fingerprint density at radius 3 is 2.60 bits per heavy atom. The maximum Gasteiger partial charge on any atom is 0.303 e. The Morgan fingerprint density at radius 2 is 1.93 bits per heavy atom. The number of rotatable bonds is 4. The summed E-state index contributed by atoms with van der Waals surface area (Å²) in [6.45, 7) is 5.69. The van der Waals surface area contributed by atoms with Crippen LogP contribution in [-0.2, 0) is 10.7 Å². The van der Waals surface area contributed by atoms with Gasteiger partial charge in [-0.15, -0.1) is 0 Å². The van der Waals surface area contributed by atoms with Crippen LogP contribution >= 0.6 is 0 Å². The van der Waals surface area contributed by atoms with Crippen molar-refractivity contribution in [2.75, 3.05) is 43.4 Å². The van der Waals surface area contributed by atoms with Crippen molar-refractivity contribution in [2.45, 2.75) is 19.8 Å². The minimum absolute atomic E-state index is 0.241. The number of carbonyl (C=O) groups excluding carboxylic acids is 1. The number of hydrogen-bond acceptors (Lipinski definition) is 6. The molecule has 0 spiro atoms. The molecular formula is C20H23F2N7O. The lowest BCUT2D eigenvalue weighted by Crippen LogP contribution is -2.44. The van der Waals surface area contributed by atoms with Gasteiger partial charge in [-0.25, -0.2) is 15.0 Å². The van der Waals surface area contributed by atoms with Crippen molar-refractivity contribution in [2.24, 2.45) is 0 Å². The number of alkyl halides is 2. The number of aromatic nitrogens is 4. The lowest BCUT2D eigenvalue weighted by atomic mass is 10.2. The molecule has 0 aromatic carbocycles. The number of piperazine rings is 1. The Balaban J connectivity index is 1.86. The van der Waals surface area contributed by atoms with Crippen molar-refractivity contribution in [1.29, 1.82) is 0 Å². The van der Waals surface area contributed by atoms with Crippen molar-refractivity contribution >= 4 is 28.3 Å². The molecule has 0 atom stereocenters. The zero-order valence-electron chi connectivity index (χ0n) is 17.1. The second-order valence-corrected chi connectivity index (χ2v) is 7.57. The summed E-state index contributed by atoms with van der Waals surface area (Å²) in [5.74, 6) is -3.23. The van der Waals surface area contributed by atoms with Gasteiger partial charge in [0.05, 0.1) is 11.2 Å². The summed E-state index contributed by atoms with van der Waals surface area (Å²) in [6.07, 6.45) is 4.91. The zero-order valence-corrected chi connectivity index (χ0v) is 17.1. The van der Waals surface area contributed by atoms with Crippen molar-refractivity contribution in [3.05, 3.63) is 36.5 Å². The molecule has 0 saturated carbocycles. The van der Waals surface area contributed by atoms with E-state index in [-0.39, 0.29) is 5.91 Å². The molecule has 4 rings (SSSR count). The minimum atomic E-state index is -3.15. The lowest BCUT2D eigenvalue weighted by molar-refractivity contribution is -0.114. The van der Waals surface area contributed by atoms with Gasteiger partial charge in [-0.3, -0.25) is 9.36 Å². The number of halogens is 2. The van der Waals surface area contributed by atoms with E-state index in [1.54, 1.807) is 22.9 Å². The van der Waals surface area contributed by atoms with Crippen LogP contribution < -0.4 is 10.2 Å². The van der Waals surface area contributed by atoms with E-state index in [4.69, 9.17) is 0 Å². The molecule has 10 heteroatoms. The summed E-state index contributed by atoms with van der Waals surface area (Å²) >= 11 is 0. The summed E-state index contributed by atoms with van der Waals surface area (Å²) < 4.78 is 29.3. The van der Waals surface area contributed by atoms with Crippen LogP contribution in [0.5, 0.6) is 0 Å². The third-order valence-electron chi connectivity index (χ3n) is 5.10. The molecule has 1 N–H and O–H groups in total. The molecule has 3 aromatic rings. The Kier molecular flexibility index (Phi) is 5.10. The molecule has 1 fully saturated rings. The summed E-state index contributed by atoms with van der Waals surface area (Å²) in [6, 6.07) is 3.31. The number of anilines is 2. The predicted molar refractivity (Wildman–Crippen MR) is 110 cm³/mol. The molecule has 30 heavy (non-hydrogen) atoms. The molecule has 1 aliphatic heterocycles. The highest BCUT2D eigenvalue weighted by atomic mass is 19.3. The first kappa shape index (κ1) is 20.1. The summed E-state index contributed by atoms with van der Waals surface area (Å²) in [7, 11) is 2.08. The molecule has 8 nitrogen and oxygen atoms in total. The second kappa shape index (κ2) is 7.60. The van der Waals surface area contributed by atoms with Crippen LogP contribution in [0.4, 0.5) is 20.3 Å². The average Bonchev–Trinajstić information content (AvgIpc) is 3.06. The smallest absolute Gasteiger partial charge is 0.303 e. The van der Waals surface area contributed by atoms with Crippen LogP contribution in [0.1, 0.15) is 19.7 Å². The minimum Gasteiger partial charge on any atom is -0.367 e. The largest absolute Gasteiger partial charge is 0.367 e. The van der Waals surface area contributed by atoms with E-state index in [0.29, 0.717) is 17.2 Å². The maximum atomic E-state index is 13.8. The number of likely N-dealkylation sites (N-methyl/N-ethyl adjacent to an activating group) is 1. The van der Waals surface area contributed by atoms with Crippen LogP contribution in [0, 0.1) is 0 Å². The monoisotopic (exact) mass is 415 g/mol. The van der Waals surface area contributed by atoms with Crippen molar-refractivity contribution < 1.29 is 13.6 Å². The Hall–Kier alpha value is -3.14. The quantitative estimate of drug-likeness (QED) is 0.706. The van der Waals surface area contributed by atoms with E-state index >= 15 is 0 Å². The van der Waals surface area contributed by atoms with Crippen LogP contribution in [0.25, 0.3) is 16.7 Å². The van der Waals surface area contributed by atoms with Gasteiger partial charge < -0.3 is 15.1 Å². The molecular weight excluding hydrogens is 392 g/mol. The fraction of sp³-hybridized carbons (Fsp3) is 0.400. The standard InChI is InChI=1S/C20H23F2N7O/c1-13(30)25-17-10-15-14(11-24-17)16(28-8-6-27(3)7-9-28)12-29(15)18-4-5-23-19(26-18)20(2,21)22/h4-5,10-12H,6-9H2,1-3H3,(H,24,25,30). The highest BCUT2D eigenvalue weighted by molar-refractivity contribution is 5.97. The fourth-order valence-corrected chi connectivity index (χ4v) is 3.54. The van der Waals surface area contributed by atoms with E-state index in [2.05, 4.69) is 37.1 Å². The third-order valence-corrected chi connectivity index (χ3v) is 5.10. The topological polar surface area (TPSA) is 79.2 Å². The van der Waals surface area contributed by atoms with Gasteiger partial charge in [0.1, 0.15) is 11.6 Å². The highest BCUT2D eigenvalue weighted by Crippen LogP contribution is 2.33. The number of pyridine rings is 1. The molecule has 0 bridgehead atoms. The van der Waals surface area contributed by atoms with Crippen molar-refractivity contribution in [1.82, 2.24) is 24.4 Å². The Morgan fingerprint density at radius 1 is 1.20 bits per heavy atom. The van der Waals surface area contributed by atoms with Gasteiger partial charge in [0, 0.05) is 70.1 Å². The van der Waals surface area contributed by atoms with E-state index in [1.165, 1.54) is 13.1 Å². The van der Waals surface area contributed by atoms with Crippen molar-refractivity contribution in [3.63, 3.8) is 0 Å². The molecule has 1 amide bonds. The Labute approximate surface area is 172 Å². The zero-order chi connectivity index (χ0) is 21.5. The first-order valence-electron chi connectivity index (χ1n) is 9.66. The molecule has 158 valence electrons. The number of nitrogens with one attached hydrogen (secondary N) is 1. The van der Waals surface area contributed by atoms with Crippen LogP contribution in [0.2, 0.25) is 0 Å². The van der Waals surface area contributed by atoms with E-state index < -0.39 is 11.7 Å². The number of carbonyl (C=O) groups is 1. The van der Waals surface area contributed by atoms with Gasteiger partial charge >= 0.3 is 5.92 Å². The van der Waals surface area contributed by atoms with E-state index in [0.717, 1.165) is 44.2 Å². The first-order valence-corrected chi connectivity index (χ1v) is 9.66. The Bertz CT molecular complexity index is 1080. The van der Waals surface area contributed by atoms with Gasteiger partial charge in [0.15, 0.2) is 0 Å². The number of hydrogen-bond donors (Lipinski definition) is 1. The van der Waals surface area contributed by atoms with Gasteiger partial charge in [0.2, 0.25) is 11.7 Å². The van der Waals surface area contributed by atoms with Gasteiger partial charge in [0.25, 0.3) is 0 Å². The summed E-state index contributed by atoms with van der Waals surface area (Å²) in [5.41, 5.74) is 1.66. The first-order chi connectivity index (χ1) is 14.2. The highest BCUT2D eigenvalue weighted by Gasteiger charge is 2.29. The van der Waals surface area contributed by atoms with Crippen LogP contribution in [-0.4, -0.2) is 63.6 Å². The fourth-order valence-electron chi connectivity index (χ4n) is 3.54. The summed E-state index contributed by atoms with van der Waals surface area (Å²) in [4.78, 5) is 28.1. The summed E-state index contributed by atoms with van der Waals surface area (Å²) in [5, 5.41) is 3.53. The van der Waals surface area contributed by atoms with Gasteiger partial charge in [-0.05, 0) is 13.1 Å². The second-order valence-electron chi connectivity index (χ2n) is 7.57. The van der Waals surface area contributed by atoms with Gasteiger partial charge in [-0.2, -0.15) is 8.78 Å². The maximum absolute atomic E-state index is 13.8. The third kappa shape index (κ3) is 3.95. The SMILES string of the molecule is CC(=O)Nc1cc2c(cn1)c(N1CCN(C)CC1)cn2-c1ccnc(C(C)(F)F)n1. The van der Waals surface area contributed by atoms with Crippen LogP contribution in [0.3, 0.4) is 0 Å². The molecule has 1 aliphatic rings. The number of nitrogens with zero attached hydrogens (tertiary/aromatic N) is 6. The average molecular weight is 415 g/mol. The number of amides is 1. The van der Waals surface area contributed by atoms with Crippen molar-refractivity contribution in [3.8, 4) is 5.82 Å².